The first-order valence-corrected chi connectivity index (χ1v) is 11.8. The lowest BCUT2D eigenvalue weighted by atomic mass is 9.88. The zero-order chi connectivity index (χ0) is 24.9. The minimum absolute atomic E-state index is 0.0835. The van der Waals surface area contributed by atoms with E-state index in [2.05, 4.69) is 22.8 Å². The van der Waals surface area contributed by atoms with Crippen LogP contribution in [0.5, 0.6) is 0 Å². The molecule has 1 aliphatic rings. The summed E-state index contributed by atoms with van der Waals surface area (Å²) in [6.07, 6.45) is 0.590. The molecule has 0 aromatic heterocycles. The van der Waals surface area contributed by atoms with Gasteiger partial charge in [0.05, 0.1) is 0 Å². The quantitative estimate of drug-likeness (QED) is 0.497. The first-order chi connectivity index (χ1) is 16.1. The van der Waals surface area contributed by atoms with E-state index in [0.717, 1.165) is 22.3 Å². The number of benzene rings is 2. The molecule has 7 nitrogen and oxygen atoms in total. The summed E-state index contributed by atoms with van der Waals surface area (Å²) in [6.45, 7) is 7.76. The molecule has 2 aromatic carbocycles. The predicted octanol–water partition coefficient (Wildman–Crippen LogP) is 4.70. The van der Waals surface area contributed by atoms with Crippen LogP contribution in [0.15, 0.2) is 48.5 Å². The van der Waals surface area contributed by atoms with Gasteiger partial charge in [-0.15, -0.1) is 0 Å². The monoisotopic (exact) mass is 466 g/mol. The average Bonchev–Trinajstić information content (AvgIpc) is 3.09. The number of amides is 2. The summed E-state index contributed by atoms with van der Waals surface area (Å²) < 4.78 is 5.55. The van der Waals surface area contributed by atoms with Gasteiger partial charge in [0.15, 0.2) is 0 Å². The molecule has 2 aromatic rings. The molecule has 0 spiro atoms. The Labute approximate surface area is 200 Å². The Hall–Kier alpha value is -3.35. The second-order valence-electron chi connectivity index (χ2n) is 9.98. The van der Waals surface area contributed by atoms with Crippen molar-refractivity contribution in [2.45, 2.75) is 65.0 Å². The van der Waals surface area contributed by atoms with Gasteiger partial charge in [0.2, 0.25) is 5.91 Å². The first-order valence-electron chi connectivity index (χ1n) is 11.8. The van der Waals surface area contributed by atoms with Gasteiger partial charge in [-0.2, -0.15) is 0 Å². The fraction of sp³-hybridized carbons (Fsp3) is 0.444. The molecule has 34 heavy (non-hydrogen) atoms. The van der Waals surface area contributed by atoms with E-state index in [1.807, 2.05) is 64.1 Å². The minimum Gasteiger partial charge on any atom is -0.480 e. The van der Waals surface area contributed by atoms with Gasteiger partial charge in [-0.1, -0.05) is 82.6 Å². The molecule has 0 saturated heterocycles. The van der Waals surface area contributed by atoms with E-state index in [-0.39, 0.29) is 24.4 Å². The summed E-state index contributed by atoms with van der Waals surface area (Å²) in [5.74, 6) is -1.70. The van der Waals surface area contributed by atoms with Crippen molar-refractivity contribution >= 4 is 18.0 Å². The lowest BCUT2D eigenvalue weighted by Gasteiger charge is -2.26. The van der Waals surface area contributed by atoms with Crippen LogP contribution >= 0.6 is 0 Å². The van der Waals surface area contributed by atoms with Gasteiger partial charge in [0.1, 0.15) is 18.7 Å². The summed E-state index contributed by atoms with van der Waals surface area (Å²) in [5, 5.41) is 14.7. The van der Waals surface area contributed by atoms with E-state index in [1.54, 1.807) is 0 Å². The second kappa shape index (κ2) is 10.7. The van der Waals surface area contributed by atoms with Crippen molar-refractivity contribution in [3.63, 3.8) is 0 Å². The van der Waals surface area contributed by atoms with Crippen LogP contribution < -0.4 is 10.6 Å². The van der Waals surface area contributed by atoms with Gasteiger partial charge in [0.25, 0.3) is 0 Å². The third kappa shape index (κ3) is 6.16. The summed E-state index contributed by atoms with van der Waals surface area (Å²) in [4.78, 5) is 37.1. The first kappa shape index (κ1) is 25.3. The molecular weight excluding hydrogens is 432 g/mol. The van der Waals surface area contributed by atoms with Gasteiger partial charge >= 0.3 is 12.1 Å². The molecule has 182 valence electrons. The number of ether oxygens (including phenoxy) is 1. The van der Waals surface area contributed by atoms with Crippen LogP contribution in [0, 0.1) is 5.41 Å². The molecule has 1 unspecified atom stereocenters. The molecule has 2 amide bonds. The molecule has 0 radical (unpaired) electrons. The van der Waals surface area contributed by atoms with Crippen LogP contribution in [0.2, 0.25) is 0 Å². The van der Waals surface area contributed by atoms with E-state index in [9.17, 15) is 19.5 Å². The molecular formula is C27H34N2O5. The Morgan fingerprint density at radius 2 is 1.50 bits per heavy atom. The van der Waals surface area contributed by atoms with Gasteiger partial charge in [0, 0.05) is 5.92 Å². The summed E-state index contributed by atoms with van der Waals surface area (Å²) in [6, 6.07) is 14.2. The lowest BCUT2D eigenvalue weighted by Crippen LogP contribution is -2.52. The van der Waals surface area contributed by atoms with Crippen LogP contribution in [-0.4, -0.2) is 41.8 Å². The van der Waals surface area contributed by atoms with Crippen LogP contribution in [-0.2, 0) is 14.3 Å². The standard InChI is InChI=1S/C27H34N2O5/c1-5-10-22(24(30)28-23(25(31)32)15-27(2,3)4)29-26(33)34-16-21-19-13-8-6-11-17(19)18-12-7-9-14-20(18)21/h6-9,11-14,21-23H,5,10,15-16H2,1-4H3,(H,28,30)(H,29,33)(H,31,32)/t22-,23?/m0/s1. The Morgan fingerprint density at radius 3 is 2.00 bits per heavy atom. The zero-order valence-electron chi connectivity index (χ0n) is 20.3. The Bertz CT molecular complexity index is 998. The van der Waals surface area contributed by atoms with Crippen LogP contribution in [0.3, 0.4) is 0 Å². The van der Waals surface area contributed by atoms with E-state index in [4.69, 9.17) is 4.74 Å². The number of nitrogens with one attached hydrogen (secondary N) is 2. The van der Waals surface area contributed by atoms with Crippen molar-refractivity contribution in [3.8, 4) is 11.1 Å². The van der Waals surface area contributed by atoms with Crippen molar-refractivity contribution < 1.29 is 24.2 Å². The third-order valence-corrected chi connectivity index (χ3v) is 5.96. The molecule has 2 atom stereocenters. The predicted molar refractivity (Wildman–Crippen MR) is 131 cm³/mol. The molecule has 0 bridgehead atoms. The van der Waals surface area contributed by atoms with Crippen molar-refractivity contribution in [2.24, 2.45) is 5.41 Å². The smallest absolute Gasteiger partial charge is 0.407 e. The Morgan fingerprint density at radius 1 is 0.941 bits per heavy atom. The van der Waals surface area contributed by atoms with E-state index >= 15 is 0 Å². The minimum atomic E-state index is -1.10. The van der Waals surface area contributed by atoms with Gasteiger partial charge < -0.3 is 20.5 Å². The number of rotatable bonds is 9. The van der Waals surface area contributed by atoms with Crippen molar-refractivity contribution in [3.05, 3.63) is 59.7 Å². The third-order valence-electron chi connectivity index (χ3n) is 5.96. The van der Waals surface area contributed by atoms with E-state index in [0.29, 0.717) is 12.8 Å². The number of hydrogen-bond acceptors (Lipinski definition) is 4. The summed E-state index contributed by atoms with van der Waals surface area (Å²) in [5.41, 5.74) is 4.19. The Balaban J connectivity index is 1.64. The average molecular weight is 467 g/mol. The number of aliphatic carboxylic acids is 1. The maximum atomic E-state index is 12.8. The van der Waals surface area contributed by atoms with Gasteiger partial charge in [-0.3, -0.25) is 4.79 Å². The highest BCUT2D eigenvalue weighted by Crippen LogP contribution is 2.44. The van der Waals surface area contributed by atoms with E-state index in [1.165, 1.54) is 0 Å². The number of alkyl carbamates (subject to hydrolysis) is 1. The molecule has 1 aliphatic carbocycles. The highest BCUT2D eigenvalue weighted by atomic mass is 16.5. The fourth-order valence-corrected chi connectivity index (χ4v) is 4.42. The second-order valence-corrected chi connectivity index (χ2v) is 9.98. The number of carbonyl (C=O) groups is 3. The number of carboxylic acids is 1. The molecule has 0 aliphatic heterocycles. The van der Waals surface area contributed by atoms with Crippen molar-refractivity contribution in [1.29, 1.82) is 0 Å². The molecule has 0 saturated carbocycles. The van der Waals surface area contributed by atoms with Gasteiger partial charge in [-0.25, -0.2) is 9.59 Å². The highest BCUT2D eigenvalue weighted by Gasteiger charge is 2.31. The number of carbonyl (C=O) groups excluding carboxylic acids is 2. The van der Waals surface area contributed by atoms with Crippen LogP contribution in [0.25, 0.3) is 11.1 Å². The lowest BCUT2D eigenvalue weighted by molar-refractivity contribution is -0.143. The van der Waals surface area contributed by atoms with Crippen molar-refractivity contribution in [2.75, 3.05) is 6.61 Å². The maximum Gasteiger partial charge on any atom is 0.407 e. The SMILES string of the molecule is CCC[C@H](NC(=O)OCC1c2ccccc2-c2ccccc21)C(=O)NC(CC(C)(C)C)C(=O)O. The van der Waals surface area contributed by atoms with Crippen molar-refractivity contribution in [1.82, 2.24) is 10.6 Å². The van der Waals surface area contributed by atoms with Crippen LogP contribution in [0.4, 0.5) is 4.79 Å². The number of fused-ring (bicyclic) bond motifs is 3. The maximum absolute atomic E-state index is 12.8. The molecule has 7 heteroatoms. The van der Waals surface area contributed by atoms with Crippen LogP contribution in [0.1, 0.15) is 64.0 Å². The molecule has 3 N–H and O–H groups in total. The molecule has 0 heterocycles. The normalized spacial score (nSPS) is 14.5. The van der Waals surface area contributed by atoms with Gasteiger partial charge in [-0.05, 0) is 40.5 Å². The fourth-order valence-electron chi connectivity index (χ4n) is 4.42. The summed E-state index contributed by atoms with van der Waals surface area (Å²) in [7, 11) is 0. The Kier molecular flexibility index (Phi) is 7.97. The number of hydrogen-bond donors (Lipinski definition) is 3. The topological polar surface area (TPSA) is 105 Å². The largest absolute Gasteiger partial charge is 0.480 e. The summed E-state index contributed by atoms with van der Waals surface area (Å²) >= 11 is 0. The highest BCUT2D eigenvalue weighted by molar-refractivity contribution is 5.89. The molecule has 0 fully saturated rings. The molecule has 3 rings (SSSR count). The zero-order valence-corrected chi connectivity index (χ0v) is 20.3. The van der Waals surface area contributed by atoms with E-state index < -0.39 is 30.1 Å². The number of carboxylic acid groups (broad SMARTS) is 1.